The van der Waals surface area contributed by atoms with E-state index in [2.05, 4.69) is 59.4 Å². The van der Waals surface area contributed by atoms with Crippen LogP contribution in [0.1, 0.15) is 70.8 Å². The normalized spacial score (nSPS) is 19.1. The molecule has 0 saturated carbocycles. The van der Waals surface area contributed by atoms with E-state index in [9.17, 15) is 0 Å². The first-order chi connectivity index (χ1) is 13.0. The maximum Gasteiger partial charge on any atom is 0.191 e. The van der Waals surface area contributed by atoms with Crippen molar-refractivity contribution in [3.63, 3.8) is 0 Å². The third-order valence-corrected chi connectivity index (χ3v) is 5.42. The van der Waals surface area contributed by atoms with Crippen molar-refractivity contribution < 1.29 is 4.52 Å². The Morgan fingerprint density at radius 3 is 2.78 bits per heavy atom. The molecule has 2 heterocycles. The monoisotopic (exact) mass is 377 g/mol. The highest BCUT2D eigenvalue weighted by atomic mass is 16.5. The van der Waals surface area contributed by atoms with Gasteiger partial charge < -0.3 is 20.1 Å². The SMILES string of the molecule is CCC(CC)c1cc(CNC(=NC)NCC2CCCN(CC(C)C)C2)on1. The van der Waals surface area contributed by atoms with E-state index in [1.165, 1.54) is 32.5 Å². The largest absolute Gasteiger partial charge is 0.359 e. The molecule has 0 bridgehead atoms. The van der Waals surface area contributed by atoms with E-state index in [1.54, 1.807) is 0 Å². The van der Waals surface area contributed by atoms with E-state index in [0.717, 1.165) is 42.7 Å². The second-order valence-corrected chi connectivity index (χ2v) is 8.20. The van der Waals surface area contributed by atoms with Crippen molar-refractivity contribution in [2.24, 2.45) is 16.8 Å². The van der Waals surface area contributed by atoms with Crippen molar-refractivity contribution in [2.45, 2.75) is 65.8 Å². The molecule has 1 fully saturated rings. The van der Waals surface area contributed by atoms with Gasteiger partial charge in [-0.25, -0.2) is 0 Å². The maximum atomic E-state index is 5.49. The standard InChI is InChI=1S/C21H39N5O/c1-6-18(7-2)20-11-19(27-25-20)13-24-21(22-5)23-12-17-9-8-10-26(15-17)14-16(3)4/h11,16-18H,6-10,12-15H2,1-5H3,(H2,22,23,24). The van der Waals surface area contributed by atoms with Gasteiger partial charge in [0, 0.05) is 38.7 Å². The number of nitrogens with one attached hydrogen (secondary N) is 2. The highest BCUT2D eigenvalue weighted by Gasteiger charge is 2.20. The van der Waals surface area contributed by atoms with Gasteiger partial charge in [0.2, 0.25) is 0 Å². The molecule has 2 N–H and O–H groups in total. The van der Waals surface area contributed by atoms with Crippen LogP contribution in [0.5, 0.6) is 0 Å². The van der Waals surface area contributed by atoms with Gasteiger partial charge in [-0.2, -0.15) is 0 Å². The lowest BCUT2D eigenvalue weighted by atomic mass is 9.97. The van der Waals surface area contributed by atoms with Crippen LogP contribution in [0.25, 0.3) is 0 Å². The Labute approximate surface area is 165 Å². The van der Waals surface area contributed by atoms with Crippen molar-refractivity contribution >= 4 is 5.96 Å². The lowest BCUT2D eigenvalue weighted by molar-refractivity contribution is 0.159. The van der Waals surface area contributed by atoms with Crippen molar-refractivity contribution in [3.8, 4) is 0 Å². The third kappa shape index (κ3) is 7.17. The van der Waals surface area contributed by atoms with Crippen LogP contribution < -0.4 is 10.6 Å². The minimum atomic E-state index is 0.486. The number of hydrogen-bond donors (Lipinski definition) is 2. The van der Waals surface area contributed by atoms with Crippen LogP contribution in [0.3, 0.4) is 0 Å². The van der Waals surface area contributed by atoms with E-state index in [0.29, 0.717) is 18.4 Å². The van der Waals surface area contributed by atoms with E-state index < -0.39 is 0 Å². The summed E-state index contributed by atoms with van der Waals surface area (Å²) in [4.78, 5) is 6.95. The molecular weight excluding hydrogens is 338 g/mol. The lowest BCUT2D eigenvalue weighted by Crippen LogP contribution is -2.44. The first kappa shape index (κ1) is 21.7. The Bertz CT molecular complexity index is 565. The van der Waals surface area contributed by atoms with Crippen LogP contribution in [0.2, 0.25) is 0 Å². The predicted molar refractivity (Wildman–Crippen MR) is 112 cm³/mol. The van der Waals surface area contributed by atoms with Crippen molar-refractivity contribution in [1.29, 1.82) is 0 Å². The van der Waals surface area contributed by atoms with Gasteiger partial charge in [0.25, 0.3) is 0 Å². The summed E-state index contributed by atoms with van der Waals surface area (Å²) in [5, 5.41) is 11.1. The zero-order valence-corrected chi connectivity index (χ0v) is 17.9. The highest BCUT2D eigenvalue weighted by Crippen LogP contribution is 2.22. The van der Waals surface area contributed by atoms with Gasteiger partial charge in [-0.3, -0.25) is 4.99 Å². The van der Waals surface area contributed by atoms with Gasteiger partial charge in [0.15, 0.2) is 11.7 Å². The molecule has 1 unspecified atom stereocenters. The third-order valence-electron chi connectivity index (χ3n) is 5.42. The second-order valence-electron chi connectivity index (χ2n) is 8.20. The van der Waals surface area contributed by atoms with Crippen molar-refractivity contribution in [3.05, 3.63) is 17.5 Å². The second kappa shape index (κ2) is 11.3. The molecule has 27 heavy (non-hydrogen) atoms. The van der Waals surface area contributed by atoms with Crippen LogP contribution >= 0.6 is 0 Å². The summed E-state index contributed by atoms with van der Waals surface area (Å²) < 4.78 is 5.49. The number of aromatic nitrogens is 1. The molecule has 1 saturated heterocycles. The molecule has 6 heteroatoms. The van der Waals surface area contributed by atoms with Gasteiger partial charge in [0.05, 0.1) is 12.2 Å². The molecule has 0 radical (unpaired) electrons. The minimum Gasteiger partial charge on any atom is -0.359 e. The molecule has 1 atom stereocenters. The average molecular weight is 378 g/mol. The van der Waals surface area contributed by atoms with E-state index >= 15 is 0 Å². The number of likely N-dealkylation sites (tertiary alicyclic amines) is 1. The fourth-order valence-electron chi connectivity index (χ4n) is 3.94. The minimum absolute atomic E-state index is 0.486. The summed E-state index contributed by atoms with van der Waals surface area (Å²) in [5.41, 5.74) is 1.06. The van der Waals surface area contributed by atoms with Gasteiger partial charge >= 0.3 is 0 Å². The Hall–Kier alpha value is -1.56. The lowest BCUT2D eigenvalue weighted by Gasteiger charge is -2.34. The quantitative estimate of drug-likeness (QED) is 0.508. The van der Waals surface area contributed by atoms with Crippen molar-refractivity contribution in [2.75, 3.05) is 33.2 Å². The van der Waals surface area contributed by atoms with Gasteiger partial charge in [0.1, 0.15) is 0 Å². The fourth-order valence-corrected chi connectivity index (χ4v) is 3.94. The predicted octanol–water partition coefficient (Wildman–Crippen LogP) is 3.61. The first-order valence-corrected chi connectivity index (χ1v) is 10.7. The number of rotatable bonds is 9. The highest BCUT2D eigenvalue weighted by molar-refractivity contribution is 5.79. The number of nitrogens with zero attached hydrogens (tertiary/aromatic N) is 3. The molecule has 1 aliphatic rings. The van der Waals surface area contributed by atoms with Crippen molar-refractivity contribution in [1.82, 2.24) is 20.7 Å². The molecule has 1 aliphatic heterocycles. The first-order valence-electron chi connectivity index (χ1n) is 10.7. The average Bonchev–Trinajstić information content (AvgIpc) is 3.11. The molecule has 1 aromatic heterocycles. The Kier molecular flexibility index (Phi) is 9.11. The van der Waals surface area contributed by atoms with Crippen LogP contribution in [0.4, 0.5) is 0 Å². The van der Waals surface area contributed by atoms with E-state index in [4.69, 9.17) is 4.52 Å². The molecule has 2 rings (SSSR count). The molecule has 6 nitrogen and oxygen atoms in total. The van der Waals surface area contributed by atoms with Crippen LogP contribution in [-0.2, 0) is 6.54 Å². The Morgan fingerprint density at radius 2 is 2.11 bits per heavy atom. The number of hydrogen-bond acceptors (Lipinski definition) is 4. The van der Waals surface area contributed by atoms with Gasteiger partial charge in [-0.05, 0) is 44.1 Å². The fraction of sp³-hybridized carbons (Fsp3) is 0.810. The number of aliphatic imine (C=N–C) groups is 1. The zero-order chi connectivity index (χ0) is 19.6. The molecule has 154 valence electrons. The maximum absolute atomic E-state index is 5.49. The molecule has 1 aromatic rings. The van der Waals surface area contributed by atoms with Gasteiger partial charge in [-0.15, -0.1) is 0 Å². The smallest absolute Gasteiger partial charge is 0.191 e. The molecule has 0 aliphatic carbocycles. The number of guanidine groups is 1. The zero-order valence-electron chi connectivity index (χ0n) is 17.9. The summed E-state index contributed by atoms with van der Waals surface area (Å²) >= 11 is 0. The van der Waals surface area contributed by atoms with Crippen LogP contribution in [0.15, 0.2) is 15.6 Å². The molecule has 0 amide bonds. The topological polar surface area (TPSA) is 65.7 Å². The Balaban J connectivity index is 1.76. The Morgan fingerprint density at radius 1 is 1.33 bits per heavy atom. The van der Waals surface area contributed by atoms with E-state index in [-0.39, 0.29) is 0 Å². The summed E-state index contributed by atoms with van der Waals surface area (Å²) in [6.07, 6.45) is 4.77. The van der Waals surface area contributed by atoms with Crippen LogP contribution in [-0.4, -0.2) is 49.2 Å². The molecule has 0 spiro atoms. The van der Waals surface area contributed by atoms with E-state index in [1.807, 2.05) is 7.05 Å². The summed E-state index contributed by atoms with van der Waals surface area (Å²) in [5.74, 6) is 3.60. The summed E-state index contributed by atoms with van der Waals surface area (Å²) in [6.45, 7) is 14.2. The summed E-state index contributed by atoms with van der Waals surface area (Å²) in [7, 11) is 1.82. The van der Waals surface area contributed by atoms with Crippen LogP contribution in [0, 0.1) is 11.8 Å². The van der Waals surface area contributed by atoms with Gasteiger partial charge in [-0.1, -0.05) is 32.9 Å². The molecular formula is C21H39N5O. The number of piperidine rings is 1. The summed E-state index contributed by atoms with van der Waals surface area (Å²) in [6, 6.07) is 2.07. The molecule has 0 aromatic carbocycles.